The van der Waals surface area contributed by atoms with E-state index >= 15 is 0 Å². The average Bonchev–Trinajstić information content (AvgIpc) is 2.46. The lowest BCUT2D eigenvalue weighted by atomic mass is 10.1. The van der Waals surface area contributed by atoms with Crippen LogP contribution < -0.4 is 10.6 Å². The molecule has 23 heavy (non-hydrogen) atoms. The van der Waals surface area contributed by atoms with E-state index in [2.05, 4.69) is 11.0 Å². The number of nitriles is 1. The van der Waals surface area contributed by atoms with E-state index < -0.39 is 5.60 Å². The number of piperazine rings is 1. The van der Waals surface area contributed by atoms with Crippen molar-refractivity contribution in [3.05, 3.63) is 23.8 Å². The third-order valence-electron chi connectivity index (χ3n) is 3.75. The van der Waals surface area contributed by atoms with Gasteiger partial charge in [-0.05, 0) is 45.9 Å². The normalized spacial score (nSPS) is 18.5. The van der Waals surface area contributed by atoms with Gasteiger partial charge in [0.2, 0.25) is 0 Å². The molecule has 6 heteroatoms. The summed E-state index contributed by atoms with van der Waals surface area (Å²) < 4.78 is 5.43. The van der Waals surface area contributed by atoms with Crippen molar-refractivity contribution >= 4 is 17.5 Å². The van der Waals surface area contributed by atoms with Crippen molar-refractivity contribution in [3.63, 3.8) is 0 Å². The minimum Gasteiger partial charge on any atom is -0.444 e. The first-order valence-corrected chi connectivity index (χ1v) is 7.75. The molecule has 1 saturated heterocycles. The van der Waals surface area contributed by atoms with Crippen molar-refractivity contribution < 1.29 is 9.53 Å². The maximum absolute atomic E-state index is 12.2. The van der Waals surface area contributed by atoms with Gasteiger partial charge in [0.05, 0.1) is 23.0 Å². The Labute approximate surface area is 137 Å². The van der Waals surface area contributed by atoms with E-state index in [1.165, 1.54) is 0 Å². The van der Waals surface area contributed by atoms with E-state index in [4.69, 9.17) is 15.7 Å². The van der Waals surface area contributed by atoms with Crippen molar-refractivity contribution in [3.8, 4) is 6.07 Å². The molecule has 124 valence electrons. The number of hydrogen-bond acceptors (Lipinski definition) is 5. The fourth-order valence-electron chi connectivity index (χ4n) is 2.67. The first kappa shape index (κ1) is 16.9. The van der Waals surface area contributed by atoms with Gasteiger partial charge in [-0.3, -0.25) is 0 Å². The van der Waals surface area contributed by atoms with Crippen LogP contribution in [-0.2, 0) is 4.74 Å². The van der Waals surface area contributed by atoms with Gasteiger partial charge in [0.1, 0.15) is 5.60 Å². The lowest BCUT2D eigenvalue weighted by Gasteiger charge is -2.41. The van der Waals surface area contributed by atoms with Gasteiger partial charge in [-0.2, -0.15) is 5.26 Å². The number of carbonyl (C=O) groups excluding carboxylic acids is 1. The Hall–Kier alpha value is -2.42. The summed E-state index contributed by atoms with van der Waals surface area (Å²) in [7, 11) is 0. The molecule has 0 saturated carbocycles. The maximum Gasteiger partial charge on any atom is 0.410 e. The van der Waals surface area contributed by atoms with Crippen LogP contribution in [0.25, 0.3) is 0 Å². The summed E-state index contributed by atoms with van der Waals surface area (Å²) in [6, 6.07) is 7.48. The molecule has 2 N–H and O–H groups in total. The van der Waals surface area contributed by atoms with Crippen LogP contribution in [0.3, 0.4) is 0 Å². The van der Waals surface area contributed by atoms with Gasteiger partial charge in [-0.15, -0.1) is 0 Å². The number of benzene rings is 1. The number of anilines is 2. The van der Waals surface area contributed by atoms with Crippen molar-refractivity contribution in [2.45, 2.75) is 39.3 Å². The topological polar surface area (TPSA) is 82.6 Å². The summed E-state index contributed by atoms with van der Waals surface area (Å²) in [5.41, 5.74) is 7.63. The smallest absolute Gasteiger partial charge is 0.410 e. The monoisotopic (exact) mass is 316 g/mol. The number of nitrogens with zero attached hydrogens (tertiary/aromatic N) is 3. The Morgan fingerprint density at radius 2 is 2.09 bits per heavy atom. The number of nitrogen functional groups attached to an aromatic ring is 1. The van der Waals surface area contributed by atoms with E-state index in [0.717, 1.165) is 5.69 Å². The summed E-state index contributed by atoms with van der Waals surface area (Å²) in [6.45, 7) is 9.39. The molecular weight excluding hydrogens is 292 g/mol. The van der Waals surface area contributed by atoms with Crippen molar-refractivity contribution in [1.29, 1.82) is 5.26 Å². The molecule has 0 aromatic heterocycles. The quantitative estimate of drug-likeness (QED) is 0.805. The van der Waals surface area contributed by atoms with E-state index in [1.807, 2.05) is 27.7 Å². The number of hydrogen-bond donors (Lipinski definition) is 1. The molecule has 1 aliphatic rings. The summed E-state index contributed by atoms with van der Waals surface area (Å²) in [4.78, 5) is 16.0. The van der Waals surface area contributed by atoms with Crippen molar-refractivity contribution in [2.75, 3.05) is 30.3 Å². The maximum atomic E-state index is 12.2. The molecule has 1 aliphatic heterocycles. The minimum absolute atomic E-state index is 0.0903. The lowest BCUT2D eigenvalue weighted by molar-refractivity contribution is 0.0219. The second kappa shape index (κ2) is 6.37. The first-order valence-electron chi connectivity index (χ1n) is 7.75. The summed E-state index contributed by atoms with van der Waals surface area (Å²) >= 11 is 0. The highest BCUT2D eigenvalue weighted by molar-refractivity contribution is 5.72. The van der Waals surface area contributed by atoms with Crippen LogP contribution in [0, 0.1) is 11.3 Å². The Kier molecular flexibility index (Phi) is 4.69. The molecule has 0 unspecified atom stereocenters. The zero-order valence-electron chi connectivity index (χ0n) is 14.2. The number of rotatable bonds is 1. The van der Waals surface area contributed by atoms with E-state index in [0.29, 0.717) is 30.9 Å². The fraction of sp³-hybridized carbons (Fsp3) is 0.529. The Bertz CT molecular complexity index is 630. The molecule has 1 aromatic carbocycles. The van der Waals surface area contributed by atoms with Crippen LogP contribution in [0.2, 0.25) is 0 Å². The van der Waals surface area contributed by atoms with Gasteiger partial charge in [0.15, 0.2) is 0 Å². The molecule has 0 spiro atoms. The van der Waals surface area contributed by atoms with Crippen molar-refractivity contribution in [2.24, 2.45) is 0 Å². The highest BCUT2D eigenvalue weighted by Crippen LogP contribution is 2.28. The molecule has 1 atom stereocenters. The largest absolute Gasteiger partial charge is 0.444 e. The summed E-state index contributed by atoms with van der Waals surface area (Å²) in [6.07, 6.45) is -0.289. The molecule has 1 aromatic rings. The highest BCUT2D eigenvalue weighted by Gasteiger charge is 2.30. The minimum atomic E-state index is -0.497. The SMILES string of the molecule is C[C@H]1CN(C(=O)OC(C)(C)C)CCN1c1cc(C#N)ccc1N. The van der Waals surface area contributed by atoms with Gasteiger partial charge in [0, 0.05) is 25.7 Å². The number of ether oxygens (including phenoxy) is 1. The molecule has 0 bridgehead atoms. The van der Waals surface area contributed by atoms with E-state index in [1.54, 1.807) is 23.1 Å². The number of nitrogens with two attached hydrogens (primary N) is 1. The highest BCUT2D eigenvalue weighted by atomic mass is 16.6. The van der Waals surface area contributed by atoms with Crippen LogP contribution in [0.4, 0.5) is 16.2 Å². The van der Waals surface area contributed by atoms with Crippen molar-refractivity contribution in [1.82, 2.24) is 4.90 Å². The van der Waals surface area contributed by atoms with Gasteiger partial charge in [-0.25, -0.2) is 4.79 Å². The zero-order valence-corrected chi connectivity index (χ0v) is 14.2. The predicted octanol–water partition coefficient (Wildman–Crippen LogP) is 2.59. The van der Waals surface area contributed by atoms with Crippen LogP contribution in [0.5, 0.6) is 0 Å². The molecule has 1 amide bonds. The van der Waals surface area contributed by atoms with Crippen LogP contribution in [0.1, 0.15) is 33.3 Å². The first-order chi connectivity index (χ1) is 10.7. The van der Waals surface area contributed by atoms with Gasteiger partial charge in [-0.1, -0.05) is 0 Å². The van der Waals surface area contributed by atoms with Crippen LogP contribution >= 0.6 is 0 Å². The molecule has 6 nitrogen and oxygen atoms in total. The Morgan fingerprint density at radius 1 is 1.39 bits per heavy atom. The number of amides is 1. The molecule has 0 aliphatic carbocycles. The van der Waals surface area contributed by atoms with Gasteiger partial charge in [0.25, 0.3) is 0 Å². The standard InChI is InChI=1S/C17H24N4O2/c1-12-11-20(16(22)23-17(2,3)4)7-8-21(12)15-9-13(10-18)5-6-14(15)19/h5-6,9,12H,7-8,11,19H2,1-4H3/t12-/m0/s1. The third kappa shape index (κ3) is 4.07. The predicted molar refractivity (Wildman–Crippen MR) is 90.2 cm³/mol. The summed E-state index contributed by atoms with van der Waals surface area (Å²) in [5.74, 6) is 0. The van der Waals surface area contributed by atoms with Crippen LogP contribution in [-0.4, -0.2) is 42.3 Å². The molecule has 2 rings (SSSR count). The molecule has 1 heterocycles. The second-order valence-electron chi connectivity index (χ2n) is 6.85. The zero-order chi connectivity index (χ0) is 17.2. The molecular formula is C17H24N4O2. The molecule has 0 radical (unpaired) electrons. The van der Waals surface area contributed by atoms with Gasteiger partial charge >= 0.3 is 6.09 Å². The van der Waals surface area contributed by atoms with Crippen LogP contribution in [0.15, 0.2) is 18.2 Å². The second-order valence-corrected chi connectivity index (χ2v) is 6.85. The van der Waals surface area contributed by atoms with E-state index in [-0.39, 0.29) is 12.1 Å². The fourth-order valence-corrected chi connectivity index (χ4v) is 2.67. The average molecular weight is 316 g/mol. The third-order valence-corrected chi connectivity index (χ3v) is 3.75. The molecule has 1 fully saturated rings. The summed E-state index contributed by atoms with van der Waals surface area (Å²) in [5, 5.41) is 9.06. The Balaban J connectivity index is 2.11. The Morgan fingerprint density at radius 3 is 2.65 bits per heavy atom. The lowest BCUT2D eigenvalue weighted by Crippen LogP contribution is -2.54. The van der Waals surface area contributed by atoms with E-state index in [9.17, 15) is 4.79 Å². The number of carbonyl (C=O) groups is 1. The van der Waals surface area contributed by atoms with Gasteiger partial charge < -0.3 is 20.3 Å².